The van der Waals surface area contributed by atoms with Crippen molar-refractivity contribution in [2.75, 3.05) is 7.04 Å². The van der Waals surface area contributed by atoms with E-state index in [1.165, 1.54) is 0 Å². The topological polar surface area (TPSA) is 39.2 Å². The summed E-state index contributed by atoms with van der Waals surface area (Å²) in [6.45, 7) is -3.04. The lowest BCUT2D eigenvalue weighted by atomic mass is 10.1. The number of methoxy groups -OCH3 is 1. The lowest BCUT2D eigenvalue weighted by Gasteiger charge is -2.05. The Kier molecular flexibility index (Phi) is 1.12. The first-order valence-corrected chi connectivity index (χ1v) is 3.32. The van der Waals surface area contributed by atoms with E-state index in [2.05, 4.69) is 9.72 Å². The van der Waals surface area contributed by atoms with Gasteiger partial charge in [-0.15, -0.1) is 0 Å². The second-order valence-corrected chi connectivity index (χ2v) is 2.33. The zero-order valence-electron chi connectivity index (χ0n) is 13.0. The zero-order chi connectivity index (χ0) is 15.9. The molecule has 0 aromatic carbocycles. The molecule has 0 bridgehead atoms. The number of ether oxygens (including phenoxy) is 1. The molecule has 1 aromatic rings. The Bertz CT molecular complexity index is 557. The van der Waals surface area contributed by atoms with E-state index in [0.717, 1.165) is 0 Å². The number of aromatic nitrogens is 1. The molecule has 5 heteroatoms. The lowest BCUT2D eigenvalue weighted by Crippen LogP contribution is -2.08. The highest BCUT2D eigenvalue weighted by Gasteiger charge is 2.17. The minimum absolute atomic E-state index is 0.797. The van der Waals surface area contributed by atoms with Gasteiger partial charge in [0.15, 0.2) is 5.82 Å². The Morgan fingerprint density at radius 3 is 3.31 bits per heavy atom. The highest BCUT2D eigenvalue weighted by atomic mass is 35.5. The second kappa shape index (κ2) is 3.70. The zero-order valence-corrected chi connectivity index (χ0v) is 6.78. The number of carbonyl (C=O) groups is 1. The smallest absolute Gasteiger partial charge is 0.341 e. The molecular formula is C8H7ClFNO2. The third-order valence-corrected chi connectivity index (χ3v) is 1.50. The molecule has 0 aliphatic heterocycles. The van der Waals surface area contributed by atoms with Gasteiger partial charge in [0.1, 0.15) is 10.7 Å². The molecule has 70 valence electrons. The number of hydrogen-bond acceptors (Lipinski definition) is 3. The van der Waals surface area contributed by atoms with Crippen molar-refractivity contribution >= 4 is 17.6 Å². The van der Waals surface area contributed by atoms with Gasteiger partial charge in [-0.1, -0.05) is 11.6 Å². The Labute approximate surface area is 89.3 Å². The quantitative estimate of drug-likeness (QED) is 0.526. The van der Waals surface area contributed by atoms with Crippen LogP contribution in [0, 0.1) is 12.7 Å². The van der Waals surface area contributed by atoms with E-state index in [9.17, 15) is 9.18 Å². The van der Waals surface area contributed by atoms with Gasteiger partial charge in [0, 0.05) is 9.68 Å². The average Bonchev–Trinajstić information content (AvgIpc) is 2.18. The average molecular weight is 211 g/mol. The van der Waals surface area contributed by atoms with Gasteiger partial charge in [-0.25, -0.2) is 14.2 Å². The molecular weight excluding hydrogens is 197 g/mol. The summed E-state index contributed by atoms with van der Waals surface area (Å²) < 4.78 is 66.6. The van der Waals surface area contributed by atoms with Gasteiger partial charge < -0.3 is 4.74 Å². The van der Waals surface area contributed by atoms with E-state index in [1.54, 1.807) is 0 Å². The third-order valence-electron chi connectivity index (χ3n) is 1.22. The van der Waals surface area contributed by atoms with Crippen LogP contribution in [0.1, 0.15) is 25.5 Å². The van der Waals surface area contributed by atoms with Crippen LogP contribution in [-0.4, -0.2) is 18.0 Å². The van der Waals surface area contributed by atoms with E-state index in [0.29, 0.717) is 0 Å². The molecule has 1 heterocycles. The normalized spacial score (nSPS) is 19.7. The summed E-state index contributed by atoms with van der Waals surface area (Å²) >= 11 is 5.50. The molecule has 0 spiro atoms. The van der Waals surface area contributed by atoms with Gasteiger partial charge in [-0.3, -0.25) is 0 Å². The predicted molar refractivity (Wildman–Crippen MR) is 45.3 cm³/mol. The molecule has 0 aliphatic rings. The van der Waals surface area contributed by atoms with Crippen LogP contribution >= 0.6 is 11.6 Å². The Hall–Kier alpha value is -1.16. The molecule has 0 aliphatic carbocycles. The van der Waals surface area contributed by atoms with Crippen molar-refractivity contribution in [1.29, 1.82) is 0 Å². The predicted octanol–water partition coefficient (Wildman–Crippen LogP) is 1.97. The maximum Gasteiger partial charge on any atom is 0.341 e. The molecule has 13 heavy (non-hydrogen) atoms. The largest absolute Gasteiger partial charge is 0.465 e. The fourth-order valence-corrected chi connectivity index (χ4v) is 0.802. The fourth-order valence-electron chi connectivity index (χ4n) is 0.666. The number of pyridine rings is 1. The molecule has 1 rings (SSSR count). The van der Waals surface area contributed by atoms with Crippen molar-refractivity contribution in [1.82, 2.24) is 4.98 Å². The number of nitrogens with zero attached hydrogens (tertiary/aromatic N) is 1. The summed E-state index contributed by atoms with van der Waals surface area (Å²) in [6, 6.07) is 0. The van der Waals surface area contributed by atoms with Gasteiger partial charge >= 0.3 is 5.97 Å². The maximum absolute atomic E-state index is 13.8. The Morgan fingerprint density at radius 1 is 1.92 bits per heavy atom. The number of carbonyl (C=O) groups excluding carboxylic acids is 1. The SMILES string of the molecule is [2H]c1nc(Cl)c(C([2H])([2H])[2H])c(C(=O)OC([2H])([2H])[2H])c1F. The second-order valence-electron chi connectivity index (χ2n) is 1.97. The van der Waals surface area contributed by atoms with Crippen LogP contribution in [0.3, 0.4) is 0 Å². The Balaban J connectivity index is 3.55. The van der Waals surface area contributed by atoms with Crippen LogP contribution in [0.15, 0.2) is 6.17 Å². The molecule has 0 atom stereocenters. The van der Waals surface area contributed by atoms with Crippen molar-refractivity contribution in [3.8, 4) is 0 Å². The summed E-state index contributed by atoms with van der Waals surface area (Å²) in [4.78, 5) is 14.7. The third kappa shape index (κ3) is 1.78. The first kappa shape index (κ1) is 3.92. The molecule has 1 aromatic heterocycles. The van der Waals surface area contributed by atoms with Crippen LogP contribution in [0.25, 0.3) is 0 Å². The molecule has 0 fully saturated rings. The van der Waals surface area contributed by atoms with Crippen LogP contribution in [0.5, 0.6) is 0 Å². The Morgan fingerprint density at radius 2 is 2.69 bits per heavy atom. The molecule has 0 N–H and O–H groups in total. The highest BCUT2D eigenvalue weighted by Crippen LogP contribution is 2.19. The lowest BCUT2D eigenvalue weighted by molar-refractivity contribution is 0.0594. The first-order valence-electron chi connectivity index (χ1n) is 6.44. The number of halogens is 2. The standard InChI is InChI=1S/C8H7ClFNO2/c1-4-6(8(12)13-2)5(10)3-11-7(4)9/h3H,1-2H3/i1D3,2D3,3D. The van der Waals surface area contributed by atoms with Crippen LogP contribution in [-0.2, 0) is 4.74 Å². The van der Waals surface area contributed by atoms with Gasteiger partial charge in [-0.2, -0.15) is 0 Å². The maximum atomic E-state index is 13.8. The molecule has 0 saturated carbocycles. The van der Waals surface area contributed by atoms with Gasteiger partial charge in [-0.05, 0) is 6.85 Å². The summed E-state index contributed by atoms with van der Waals surface area (Å²) in [7, 11) is -3.20. The molecule has 0 unspecified atom stereocenters. The van der Waals surface area contributed by atoms with E-state index in [4.69, 9.17) is 21.2 Å². The van der Waals surface area contributed by atoms with Crippen LogP contribution < -0.4 is 0 Å². The van der Waals surface area contributed by atoms with E-state index in [1.807, 2.05) is 0 Å². The summed E-state index contributed by atoms with van der Waals surface area (Å²) in [5.41, 5.74) is -2.23. The summed E-state index contributed by atoms with van der Waals surface area (Å²) in [5.74, 6) is -3.37. The summed E-state index contributed by atoms with van der Waals surface area (Å²) in [6.07, 6.45) is -1.10. The van der Waals surface area contributed by atoms with Crippen molar-refractivity contribution in [2.24, 2.45) is 0 Å². The van der Waals surface area contributed by atoms with Gasteiger partial charge in [0.2, 0.25) is 0 Å². The number of hydrogen-bond donors (Lipinski definition) is 0. The minimum atomic E-state index is -3.20. The van der Waals surface area contributed by atoms with Gasteiger partial charge in [0.25, 0.3) is 0 Å². The van der Waals surface area contributed by atoms with Crippen LogP contribution in [0.2, 0.25) is 5.15 Å². The van der Waals surface area contributed by atoms with E-state index >= 15 is 0 Å². The molecule has 0 radical (unpaired) electrons. The van der Waals surface area contributed by atoms with Crippen molar-refractivity contribution < 1.29 is 23.5 Å². The number of rotatable bonds is 1. The fraction of sp³-hybridized carbons (Fsp3) is 0.250. The van der Waals surface area contributed by atoms with Crippen molar-refractivity contribution in [3.05, 3.63) is 28.3 Å². The summed E-state index contributed by atoms with van der Waals surface area (Å²) in [5, 5.41) is -0.797. The van der Waals surface area contributed by atoms with Crippen molar-refractivity contribution in [3.63, 3.8) is 0 Å². The minimum Gasteiger partial charge on any atom is -0.465 e. The number of esters is 1. The monoisotopic (exact) mass is 210 g/mol. The molecule has 0 amide bonds. The van der Waals surface area contributed by atoms with E-state index < -0.39 is 48.1 Å². The van der Waals surface area contributed by atoms with E-state index in [-0.39, 0.29) is 0 Å². The highest BCUT2D eigenvalue weighted by molar-refractivity contribution is 6.30. The van der Waals surface area contributed by atoms with Gasteiger partial charge in [0.05, 0.1) is 18.7 Å². The first-order chi connectivity index (χ1) is 8.84. The molecule has 3 nitrogen and oxygen atoms in total. The van der Waals surface area contributed by atoms with Crippen LogP contribution in [0.4, 0.5) is 4.39 Å². The van der Waals surface area contributed by atoms with Crippen molar-refractivity contribution in [2.45, 2.75) is 6.85 Å². The molecule has 0 saturated heterocycles.